The van der Waals surface area contributed by atoms with Crippen LogP contribution in [0.2, 0.25) is 0 Å². The molecule has 0 radical (unpaired) electrons. The summed E-state index contributed by atoms with van der Waals surface area (Å²) in [5, 5.41) is 0. The molecule has 1 nitrogen and oxygen atoms in total. The topological polar surface area (TPSA) is 3.24 Å². The van der Waals surface area contributed by atoms with Gasteiger partial charge in [-0.15, -0.1) is 0 Å². The van der Waals surface area contributed by atoms with E-state index in [0.717, 1.165) is 12.8 Å². The number of allylic oxidation sites excluding steroid dienone is 8. The molecule has 0 N–H and O–H groups in total. The van der Waals surface area contributed by atoms with Gasteiger partial charge in [0, 0.05) is 17.3 Å². The number of anilines is 2. The third kappa shape index (κ3) is 5.46. The molecule has 0 spiro atoms. The van der Waals surface area contributed by atoms with Crippen LogP contribution in [0.1, 0.15) is 29.5 Å². The average Bonchev–Trinajstić information content (AvgIpc) is 2.91. The molecule has 0 saturated carbocycles. The molecule has 0 saturated heterocycles. The van der Waals surface area contributed by atoms with Crippen molar-refractivity contribution >= 4 is 16.9 Å². The van der Waals surface area contributed by atoms with Gasteiger partial charge in [-0.1, -0.05) is 114 Å². The van der Waals surface area contributed by atoms with Crippen LogP contribution in [-0.2, 0) is 0 Å². The Balaban J connectivity index is 1.44. The maximum atomic E-state index is 2.46. The molecular formula is C34H33N. The van der Waals surface area contributed by atoms with Crippen molar-refractivity contribution in [3.8, 4) is 0 Å². The van der Waals surface area contributed by atoms with Crippen molar-refractivity contribution in [2.24, 2.45) is 5.92 Å². The SMILES string of the molecule is Cc1ccc(N(c2ccc(C)cc2)C2C=CC(/C=C(\c3ccccc3)C3C=CC=CC3)=CC2)cc1. The van der Waals surface area contributed by atoms with E-state index in [-0.39, 0.29) is 6.04 Å². The first-order valence-electron chi connectivity index (χ1n) is 12.6. The number of aryl methyl sites for hydroxylation is 2. The van der Waals surface area contributed by atoms with Gasteiger partial charge in [0.1, 0.15) is 0 Å². The van der Waals surface area contributed by atoms with E-state index in [4.69, 9.17) is 0 Å². The van der Waals surface area contributed by atoms with Crippen LogP contribution in [-0.4, -0.2) is 6.04 Å². The quantitative estimate of drug-likeness (QED) is 0.359. The molecule has 0 fully saturated rings. The molecule has 2 aliphatic rings. The van der Waals surface area contributed by atoms with Crippen molar-refractivity contribution in [2.75, 3.05) is 4.90 Å². The predicted octanol–water partition coefficient (Wildman–Crippen LogP) is 8.91. The highest BCUT2D eigenvalue weighted by Gasteiger charge is 2.21. The van der Waals surface area contributed by atoms with E-state index in [1.165, 1.54) is 39.2 Å². The van der Waals surface area contributed by atoms with Crippen LogP contribution in [0.25, 0.3) is 5.57 Å². The van der Waals surface area contributed by atoms with E-state index in [0.29, 0.717) is 5.92 Å². The Morgan fingerprint density at radius 3 is 1.94 bits per heavy atom. The molecule has 5 rings (SSSR count). The van der Waals surface area contributed by atoms with Gasteiger partial charge in [-0.25, -0.2) is 0 Å². The molecule has 174 valence electrons. The lowest BCUT2D eigenvalue weighted by Gasteiger charge is -2.33. The molecule has 3 aromatic rings. The van der Waals surface area contributed by atoms with Gasteiger partial charge in [-0.3, -0.25) is 0 Å². The molecular weight excluding hydrogens is 422 g/mol. The van der Waals surface area contributed by atoms with Crippen molar-refractivity contribution in [2.45, 2.75) is 32.7 Å². The first kappa shape index (κ1) is 22.9. The van der Waals surface area contributed by atoms with Crippen molar-refractivity contribution in [1.82, 2.24) is 0 Å². The second-order valence-electron chi connectivity index (χ2n) is 9.53. The summed E-state index contributed by atoms with van der Waals surface area (Å²) in [6, 6.07) is 28.8. The van der Waals surface area contributed by atoms with Crippen LogP contribution in [0.15, 0.2) is 133 Å². The fraction of sp³-hybridized carbons (Fsp3) is 0.176. The molecule has 2 unspecified atom stereocenters. The van der Waals surface area contributed by atoms with E-state index >= 15 is 0 Å². The van der Waals surface area contributed by atoms with Gasteiger partial charge in [0.25, 0.3) is 0 Å². The van der Waals surface area contributed by atoms with Crippen LogP contribution in [0.5, 0.6) is 0 Å². The maximum absolute atomic E-state index is 2.46. The number of hydrogen-bond donors (Lipinski definition) is 0. The van der Waals surface area contributed by atoms with E-state index in [9.17, 15) is 0 Å². The molecule has 1 heteroatoms. The lowest BCUT2D eigenvalue weighted by Crippen LogP contribution is -2.30. The molecule has 0 heterocycles. The number of hydrogen-bond acceptors (Lipinski definition) is 1. The highest BCUT2D eigenvalue weighted by Crippen LogP contribution is 2.34. The zero-order chi connectivity index (χ0) is 24.0. The first-order valence-corrected chi connectivity index (χ1v) is 12.6. The highest BCUT2D eigenvalue weighted by atomic mass is 15.2. The maximum Gasteiger partial charge on any atom is 0.0560 e. The van der Waals surface area contributed by atoms with Gasteiger partial charge in [0.05, 0.1) is 6.04 Å². The van der Waals surface area contributed by atoms with Gasteiger partial charge in [-0.2, -0.15) is 0 Å². The Morgan fingerprint density at radius 2 is 1.40 bits per heavy atom. The fourth-order valence-electron chi connectivity index (χ4n) is 4.89. The molecule has 0 bridgehead atoms. The number of nitrogens with zero attached hydrogens (tertiary/aromatic N) is 1. The molecule has 2 atom stereocenters. The smallest absolute Gasteiger partial charge is 0.0560 e. The van der Waals surface area contributed by atoms with Crippen LogP contribution in [0.4, 0.5) is 11.4 Å². The zero-order valence-electron chi connectivity index (χ0n) is 20.6. The lowest BCUT2D eigenvalue weighted by atomic mass is 9.85. The Labute approximate surface area is 210 Å². The molecule has 35 heavy (non-hydrogen) atoms. The highest BCUT2D eigenvalue weighted by molar-refractivity contribution is 5.73. The molecule has 2 aliphatic carbocycles. The largest absolute Gasteiger partial charge is 0.334 e. The van der Waals surface area contributed by atoms with E-state index < -0.39 is 0 Å². The Morgan fingerprint density at radius 1 is 0.743 bits per heavy atom. The first-order chi connectivity index (χ1) is 17.2. The van der Waals surface area contributed by atoms with E-state index in [1.54, 1.807) is 0 Å². The average molecular weight is 456 g/mol. The fourth-order valence-corrected chi connectivity index (χ4v) is 4.89. The Bertz CT molecular complexity index is 1240. The minimum atomic E-state index is 0.273. The summed E-state index contributed by atoms with van der Waals surface area (Å²) in [6.07, 6.45) is 20.4. The molecule has 3 aromatic carbocycles. The number of rotatable bonds is 6. The summed E-state index contributed by atoms with van der Waals surface area (Å²) in [5.41, 5.74) is 8.99. The van der Waals surface area contributed by atoms with Gasteiger partial charge in [-0.05, 0) is 67.7 Å². The number of benzene rings is 3. The summed E-state index contributed by atoms with van der Waals surface area (Å²) in [7, 11) is 0. The molecule has 0 amide bonds. The van der Waals surface area contributed by atoms with Gasteiger partial charge in [0.15, 0.2) is 0 Å². The van der Waals surface area contributed by atoms with Crippen molar-refractivity contribution in [3.63, 3.8) is 0 Å². The second kappa shape index (κ2) is 10.6. The molecule has 0 aromatic heterocycles. The van der Waals surface area contributed by atoms with E-state index in [1.807, 2.05) is 0 Å². The summed E-state index contributed by atoms with van der Waals surface area (Å²) in [5.74, 6) is 0.408. The minimum absolute atomic E-state index is 0.273. The standard InChI is InChI=1S/C34H33N/c1-26-13-19-31(20-14-26)35(32-21-15-27(2)16-22-32)33-23-17-28(18-24-33)25-34(29-9-5-3-6-10-29)30-11-7-4-8-12-30/h3-11,13-23,25,30,33H,12,24H2,1-2H3/b34-25+. The van der Waals surface area contributed by atoms with Crippen molar-refractivity contribution in [1.29, 1.82) is 0 Å². The third-order valence-corrected chi connectivity index (χ3v) is 6.87. The van der Waals surface area contributed by atoms with Crippen molar-refractivity contribution < 1.29 is 0 Å². The summed E-state index contributed by atoms with van der Waals surface area (Å²) < 4.78 is 0. The lowest BCUT2D eigenvalue weighted by molar-refractivity contribution is 0.781. The van der Waals surface area contributed by atoms with Crippen LogP contribution in [0.3, 0.4) is 0 Å². The van der Waals surface area contributed by atoms with Gasteiger partial charge in [0.2, 0.25) is 0 Å². The van der Waals surface area contributed by atoms with Crippen molar-refractivity contribution in [3.05, 3.63) is 150 Å². The zero-order valence-corrected chi connectivity index (χ0v) is 20.6. The third-order valence-electron chi connectivity index (χ3n) is 6.87. The Kier molecular flexibility index (Phi) is 6.95. The summed E-state index contributed by atoms with van der Waals surface area (Å²) in [4.78, 5) is 2.46. The van der Waals surface area contributed by atoms with Gasteiger partial charge >= 0.3 is 0 Å². The predicted molar refractivity (Wildman–Crippen MR) is 151 cm³/mol. The van der Waals surface area contributed by atoms with E-state index in [2.05, 4.69) is 146 Å². The summed E-state index contributed by atoms with van der Waals surface area (Å²) in [6.45, 7) is 4.28. The van der Waals surface area contributed by atoms with Crippen LogP contribution >= 0.6 is 0 Å². The monoisotopic (exact) mass is 455 g/mol. The Hall–Kier alpha value is -3.84. The van der Waals surface area contributed by atoms with Gasteiger partial charge < -0.3 is 4.90 Å². The van der Waals surface area contributed by atoms with Crippen LogP contribution < -0.4 is 4.90 Å². The normalized spacial score (nSPS) is 19.5. The summed E-state index contributed by atoms with van der Waals surface area (Å²) >= 11 is 0. The molecule has 0 aliphatic heterocycles. The minimum Gasteiger partial charge on any atom is -0.334 e. The van der Waals surface area contributed by atoms with Crippen LogP contribution in [0, 0.1) is 19.8 Å². The second-order valence-corrected chi connectivity index (χ2v) is 9.53.